The second-order valence-electron chi connectivity index (χ2n) is 3.96. The number of rotatable bonds is 3. The first-order valence-corrected chi connectivity index (χ1v) is 6.47. The van der Waals surface area contributed by atoms with Crippen LogP contribution < -0.4 is 10.0 Å². The third-order valence-electron chi connectivity index (χ3n) is 2.53. The van der Waals surface area contributed by atoms with E-state index in [1.807, 2.05) is 19.1 Å². The van der Waals surface area contributed by atoms with Crippen LogP contribution in [0.2, 0.25) is 0 Å². The molecule has 2 aromatic rings. The predicted octanol–water partition coefficient (Wildman–Crippen LogP) is 2.85. The van der Waals surface area contributed by atoms with Crippen molar-refractivity contribution < 1.29 is 8.76 Å². The summed E-state index contributed by atoms with van der Waals surface area (Å²) in [6, 6.07) is 14.3. The van der Waals surface area contributed by atoms with Crippen molar-refractivity contribution in [2.75, 3.05) is 10.0 Å². The molecule has 1 atom stereocenters. The van der Waals surface area contributed by atoms with Crippen molar-refractivity contribution in [3.8, 4) is 0 Å². The Hall–Kier alpha value is -1.85. The van der Waals surface area contributed by atoms with Gasteiger partial charge < -0.3 is 5.73 Å². The van der Waals surface area contributed by atoms with Crippen LogP contribution >= 0.6 is 0 Å². The van der Waals surface area contributed by atoms with Gasteiger partial charge in [0, 0.05) is 5.69 Å². The first-order chi connectivity index (χ1) is 8.58. The Balaban J connectivity index is 2.46. The molecule has 5 heteroatoms. The maximum atomic E-state index is 11.5. The van der Waals surface area contributed by atoms with Gasteiger partial charge in [-0.25, -0.2) is 8.51 Å². The molecule has 0 aromatic heterocycles. The standard InChI is InChI=1S/C13H14N2O2S/c1-10-5-7-12(8-6-10)15(18(16)17)13-4-2-3-11(14)9-13/h2-9H,14H2,1H3,(H,16,17). The van der Waals surface area contributed by atoms with E-state index in [1.165, 1.54) is 4.31 Å². The number of nitrogens with zero attached hydrogens (tertiary/aromatic N) is 1. The van der Waals surface area contributed by atoms with Gasteiger partial charge in [-0.2, -0.15) is 0 Å². The van der Waals surface area contributed by atoms with Gasteiger partial charge in [0.15, 0.2) is 0 Å². The third-order valence-corrected chi connectivity index (χ3v) is 3.26. The summed E-state index contributed by atoms with van der Waals surface area (Å²) in [5.74, 6) is 0. The number of hydrogen-bond donors (Lipinski definition) is 2. The molecular weight excluding hydrogens is 248 g/mol. The van der Waals surface area contributed by atoms with E-state index in [2.05, 4.69) is 0 Å². The summed E-state index contributed by atoms with van der Waals surface area (Å²) in [4.78, 5) is 0. The second kappa shape index (κ2) is 5.20. The van der Waals surface area contributed by atoms with Crippen LogP contribution in [0.3, 0.4) is 0 Å². The molecular formula is C13H14N2O2S. The van der Waals surface area contributed by atoms with Gasteiger partial charge in [0.1, 0.15) is 0 Å². The highest BCUT2D eigenvalue weighted by Crippen LogP contribution is 2.28. The van der Waals surface area contributed by atoms with Crippen molar-refractivity contribution in [1.82, 2.24) is 0 Å². The van der Waals surface area contributed by atoms with E-state index in [1.54, 1.807) is 36.4 Å². The lowest BCUT2D eigenvalue weighted by molar-refractivity contribution is 0.564. The van der Waals surface area contributed by atoms with Crippen molar-refractivity contribution in [1.29, 1.82) is 0 Å². The largest absolute Gasteiger partial charge is 0.399 e. The molecule has 3 N–H and O–H groups in total. The SMILES string of the molecule is Cc1ccc(N(c2cccc(N)c2)S(=O)O)cc1. The minimum absolute atomic E-state index is 0.551. The summed E-state index contributed by atoms with van der Waals surface area (Å²) >= 11 is -2.14. The number of hydrogen-bond acceptors (Lipinski definition) is 2. The lowest BCUT2D eigenvalue weighted by Crippen LogP contribution is -2.19. The molecule has 18 heavy (non-hydrogen) atoms. The molecule has 0 amide bonds. The molecule has 94 valence electrons. The second-order valence-corrected chi connectivity index (χ2v) is 4.78. The first-order valence-electron chi connectivity index (χ1n) is 5.41. The average Bonchev–Trinajstić information content (AvgIpc) is 2.32. The Kier molecular flexibility index (Phi) is 3.64. The monoisotopic (exact) mass is 262 g/mol. The summed E-state index contributed by atoms with van der Waals surface area (Å²) in [6.07, 6.45) is 0. The Bertz CT molecular complexity index is 569. The van der Waals surface area contributed by atoms with Gasteiger partial charge in [-0.1, -0.05) is 23.8 Å². The lowest BCUT2D eigenvalue weighted by atomic mass is 10.2. The van der Waals surface area contributed by atoms with Crippen LogP contribution in [-0.4, -0.2) is 8.76 Å². The Morgan fingerprint density at radius 2 is 1.78 bits per heavy atom. The quantitative estimate of drug-likeness (QED) is 0.660. The fraction of sp³-hybridized carbons (Fsp3) is 0.0769. The maximum Gasteiger partial charge on any atom is 0.266 e. The number of nitrogen functional groups attached to an aromatic ring is 1. The number of anilines is 3. The van der Waals surface area contributed by atoms with Crippen LogP contribution in [0.15, 0.2) is 48.5 Å². The van der Waals surface area contributed by atoms with Crippen molar-refractivity contribution >= 4 is 28.3 Å². The molecule has 0 aliphatic carbocycles. The molecule has 0 bridgehead atoms. The van der Waals surface area contributed by atoms with Gasteiger partial charge >= 0.3 is 0 Å². The Morgan fingerprint density at radius 1 is 1.11 bits per heavy atom. The fourth-order valence-corrected chi connectivity index (χ4v) is 2.26. The molecule has 0 fully saturated rings. The minimum atomic E-state index is -2.14. The highest BCUT2D eigenvalue weighted by molar-refractivity contribution is 7.81. The minimum Gasteiger partial charge on any atom is -0.399 e. The summed E-state index contributed by atoms with van der Waals surface area (Å²) in [5.41, 5.74) is 8.56. The van der Waals surface area contributed by atoms with Gasteiger partial charge in [0.2, 0.25) is 0 Å². The molecule has 1 unspecified atom stereocenters. The zero-order valence-electron chi connectivity index (χ0n) is 9.91. The molecule has 4 nitrogen and oxygen atoms in total. The topological polar surface area (TPSA) is 66.6 Å². The maximum absolute atomic E-state index is 11.5. The summed E-state index contributed by atoms with van der Waals surface area (Å²) < 4.78 is 22.2. The van der Waals surface area contributed by atoms with Crippen molar-refractivity contribution in [3.63, 3.8) is 0 Å². The molecule has 0 aliphatic rings. The molecule has 2 aromatic carbocycles. The zero-order valence-corrected chi connectivity index (χ0v) is 10.7. The van der Waals surface area contributed by atoms with Gasteiger partial charge in [0.25, 0.3) is 11.3 Å². The highest BCUT2D eigenvalue weighted by Gasteiger charge is 2.14. The van der Waals surface area contributed by atoms with Crippen molar-refractivity contribution in [2.45, 2.75) is 6.92 Å². The fourth-order valence-electron chi connectivity index (χ4n) is 1.66. The van der Waals surface area contributed by atoms with Crippen LogP contribution in [0.25, 0.3) is 0 Å². The van der Waals surface area contributed by atoms with Crippen molar-refractivity contribution in [3.05, 3.63) is 54.1 Å². The number of benzene rings is 2. The first kappa shape index (κ1) is 12.6. The van der Waals surface area contributed by atoms with E-state index >= 15 is 0 Å². The van der Waals surface area contributed by atoms with Gasteiger partial charge in [0.05, 0.1) is 11.4 Å². The lowest BCUT2D eigenvalue weighted by Gasteiger charge is -2.20. The summed E-state index contributed by atoms with van der Waals surface area (Å²) in [6.45, 7) is 1.96. The molecule has 0 saturated heterocycles. The highest BCUT2D eigenvalue weighted by atomic mass is 32.2. The molecule has 2 rings (SSSR count). The van der Waals surface area contributed by atoms with E-state index in [9.17, 15) is 8.76 Å². The number of aryl methyl sites for hydroxylation is 1. The smallest absolute Gasteiger partial charge is 0.266 e. The van der Waals surface area contributed by atoms with Gasteiger partial charge in [-0.05, 0) is 37.3 Å². The van der Waals surface area contributed by atoms with Gasteiger partial charge in [-0.15, -0.1) is 0 Å². The normalized spacial score (nSPS) is 12.1. The predicted molar refractivity (Wildman–Crippen MR) is 74.9 cm³/mol. The zero-order chi connectivity index (χ0) is 13.1. The molecule has 0 spiro atoms. The molecule has 0 saturated carbocycles. The molecule has 0 heterocycles. The summed E-state index contributed by atoms with van der Waals surface area (Å²) in [5, 5.41) is 0. The van der Waals surface area contributed by atoms with E-state index in [4.69, 9.17) is 5.73 Å². The van der Waals surface area contributed by atoms with Crippen LogP contribution in [0.5, 0.6) is 0 Å². The van der Waals surface area contributed by atoms with Crippen LogP contribution in [0.1, 0.15) is 5.56 Å². The van der Waals surface area contributed by atoms with E-state index < -0.39 is 11.3 Å². The van der Waals surface area contributed by atoms with E-state index in [0.717, 1.165) is 5.56 Å². The van der Waals surface area contributed by atoms with Crippen LogP contribution in [-0.2, 0) is 11.3 Å². The summed E-state index contributed by atoms with van der Waals surface area (Å²) in [7, 11) is 0. The van der Waals surface area contributed by atoms with Crippen LogP contribution in [0, 0.1) is 6.92 Å². The molecule has 0 radical (unpaired) electrons. The average molecular weight is 262 g/mol. The third kappa shape index (κ3) is 2.69. The van der Waals surface area contributed by atoms with E-state index in [-0.39, 0.29) is 0 Å². The van der Waals surface area contributed by atoms with Crippen molar-refractivity contribution in [2.24, 2.45) is 0 Å². The van der Waals surface area contributed by atoms with Gasteiger partial charge in [-0.3, -0.25) is 4.55 Å². The van der Waals surface area contributed by atoms with E-state index in [0.29, 0.717) is 17.1 Å². The number of nitrogens with two attached hydrogens (primary N) is 1. The molecule has 0 aliphatic heterocycles. The van der Waals surface area contributed by atoms with Crippen LogP contribution in [0.4, 0.5) is 17.1 Å². The Labute approximate surface area is 108 Å². The Morgan fingerprint density at radius 3 is 2.33 bits per heavy atom.